The Morgan fingerprint density at radius 2 is 1.76 bits per heavy atom. The van der Waals surface area contributed by atoms with Gasteiger partial charge in [-0.3, -0.25) is 4.90 Å². The van der Waals surface area contributed by atoms with Crippen LogP contribution in [-0.4, -0.2) is 52.5 Å². The van der Waals surface area contributed by atoms with Gasteiger partial charge in [0, 0.05) is 38.3 Å². The minimum Gasteiger partial charge on any atom is -0.382 e. The minimum atomic E-state index is 0.0814. The van der Waals surface area contributed by atoms with Gasteiger partial charge in [-0.2, -0.15) is 10.2 Å². The number of piperazine rings is 1. The fourth-order valence-corrected chi connectivity index (χ4v) is 3.19. The van der Waals surface area contributed by atoms with Crippen LogP contribution in [0.5, 0.6) is 0 Å². The van der Waals surface area contributed by atoms with Crippen molar-refractivity contribution in [1.82, 2.24) is 19.8 Å². The molecule has 7 nitrogen and oxygen atoms in total. The van der Waals surface area contributed by atoms with E-state index in [1.54, 1.807) is 0 Å². The van der Waals surface area contributed by atoms with Gasteiger partial charge in [0.05, 0.1) is 5.69 Å². The number of benzene rings is 1. The maximum absolute atomic E-state index is 9.45. The minimum absolute atomic E-state index is 0.0814. The highest BCUT2D eigenvalue weighted by Gasteiger charge is 2.19. The van der Waals surface area contributed by atoms with E-state index in [4.69, 9.17) is 11.5 Å². The summed E-state index contributed by atoms with van der Waals surface area (Å²) in [4.78, 5) is 13.1. The number of nitrogens with zero attached hydrogens (tertiary/aromatic N) is 5. The second-order valence-electron chi connectivity index (χ2n) is 6.17. The average Bonchev–Trinajstić information content (AvgIpc) is 2.62. The Morgan fingerprint density at radius 1 is 1.08 bits per heavy atom. The third kappa shape index (κ3) is 3.71. The lowest BCUT2D eigenvalue weighted by Crippen LogP contribution is -2.45. The van der Waals surface area contributed by atoms with Gasteiger partial charge < -0.3 is 16.4 Å². The maximum Gasteiger partial charge on any atom is 0.222 e. The smallest absolute Gasteiger partial charge is 0.222 e. The molecule has 1 aliphatic heterocycles. The highest BCUT2D eigenvalue weighted by atomic mass is 15.3. The Kier molecular flexibility index (Phi) is 5.12. The van der Waals surface area contributed by atoms with Gasteiger partial charge in [0.1, 0.15) is 17.5 Å². The van der Waals surface area contributed by atoms with E-state index in [-0.39, 0.29) is 17.3 Å². The van der Waals surface area contributed by atoms with Crippen molar-refractivity contribution in [2.45, 2.75) is 13.5 Å². The molecule has 0 aliphatic carbocycles. The molecular weight excluding hydrogens is 314 g/mol. The second-order valence-corrected chi connectivity index (χ2v) is 6.17. The molecule has 0 unspecified atom stereocenters. The molecule has 1 saturated heterocycles. The maximum atomic E-state index is 9.45. The Hall–Kier alpha value is -2.69. The van der Waals surface area contributed by atoms with Crippen molar-refractivity contribution in [2.24, 2.45) is 0 Å². The molecule has 0 spiro atoms. The van der Waals surface area contributed by atoms with E-state index >= 15 is 0 Å². The van der Waals surface area contributed by atoms with Gasteiger partial charge in [-0.15, -0.1) is 0 Å². The van der Waals surface area contributed by atoms with Gasteiger partial charge in [0.15, 0.2) is 0 Å². The monoisotopic (exact) mass is 337 g/mol. The van der Waals surface area contributed by atoms with Crippen molar-refractivity contribution in [2.75, 3.05) is 44.2 Å². The first-order valence-corrected chi connectivity index (χ1v) is 8.48. The van der Waals surface area contributed by atoms with E-state index in [9.17, 15) is 5.26 Å². The normalized spacial score (nSPS) is 15.8. The van der Waals surface area contributed by atoms with Gasteiger partial charge in [-0.05, 0) is 12.1 Å². The van der Waals surface area contributed by atoms with Gasteiger partial charge in [0.2, 0.25) is 5.95 Å². The van der Waals surface area contributed by atoms with Crippen molar-refractivity contribution in [3.05, 3.63) is 35.4 Å². The van der Waals surface area contributed by atoms with E-state index in [1.807, 2.05) is 18.2 Å². The molecule has 2 heterocycles. The predicted molar refractivity (Wildman–Crippen MR) is 98.4 cm³/mol. The molecule has 0 radical (unpaired) electrons. The van der Waals surface area contributed by atoms with Crippen molar-refractivity contribution >= 4 is 11.8 Å². The van der Waals surface area contributed by atoms with Crippen LogP contribution >= 0.6 is 0 Å². The summed E-state index contributed by atoms with van der Waals surface area (Å²) in [6.45, 7) is 8.31. The van der Waals surface area contributed by atoms with Crippen LogP contribution in [0.2, 0.25) is 0 Å². The van der Waals surface area contributed by atoms with Crippen molar-refractivity contribution in [3.8, 4) is 17.3 Å². The molecular formula is C18H23N7. The summed E-state index contributed by atoms with van der Waals surface area (Å²) in [7, 11) is 0. The molecule has 1 fully saturated rings. The number of aromatic nitrogens is 2. The molecule has 1 aromatic carbocycles. The Balaban J connectivity index is 1.91. The van der Waals surface area contributed by atoms with Crippen LogP contribution in [-0.2, 0) is 6.54 Å². The summed E-state index contributed by atoms with van der Waals surface area (Å²) in [6, 6.07) is 10.1. The molecule has 0 atom stereocenters. The summed E-state index contributed by atoms with van der Waals surface area (Å²) in [6.07, 6.45) is 0. The van der Waals surface area contributed by atoms with Crippen LogP contribution in [0.3, 0.4) is 0 Å². The van der Waals surface area contributed by atoms with E-state index in [2.05, 4.69) is 38.8 Å². The van der Waals surface area contributed by atoms with E-state index < -0.39 is 0 Å². The zero-order valence-corrected chi connectivity index (χ0v) is 14.4. The topological polar surface area (TPSA) is 108 Å². The SMILES string of the molecule is CCN1CCN(Cc2ccccc2-c2nc(N)nc(N)c2C#N)CC1. The number of anilines is 2. The zero-order chi connectivity index (χ0) is 17.8. The summed E-state index contributed by atoms with van der Waals surface area (Å²) in [5.74, 6) is 0.203. The van der Waals surface area contributed by atoms with Crippen LogP contribution in [0.25, 0.3) is 11.3 Å². The van der Waals surface area contributed by atoms with E-state index in [0.717, 1.165) is 50.4 Å². The van der Waals surface area contributed by atoms with E-state index in [1.165, 1.54) is 0 Å². The number of rotatable bonds is 4. The lowest BCUT2D eigenvalue weighted by molar-refractivity contribution is 0.132. The number of nitriles is 1. The van der Waals surface area contributed by atoms with Crippen molar-refractivity contribution in [1.29, 1.82) is 5.26 Å². The summed E-state index contributed by atoms with van der Waals surface area (Å²) >= 11 is 0. The number of hydrogen-bond acceptors (Lipinski definition) is 7. The lowest BCUT2D eigenvalue weighted by atomic mass is 10.00. The van der Waals surface area contributed by atoms with E-state index in [0.29, 0.717) is 5.69 Å². The number of likely N-dealkylation sites (N-methyl/N-ethyl adjacent to an activating group) is 1. The molecule has 0 bridgehead atoms. The molecule has 1 aliphatic rings. The molecule has 7 heteroatoms. The fourth-order valence-electron chi connectivity index (χ4n) is 3.19. The number of nitrogens with two attached hydrogens (primary N) is 2. The van der Waals surface area contributed by atoms with Crippen molar-refractivity contribution < 1.29 is 0 Å². The number of hydrogen-bond donors (Lipinski definition) is 2. The van der Waals surface area contributed by atoms with Gasteiger partial charge >= 0.3 is 0 Å². The third-order valence-electron chi connectivity index (χ3n) is 4.64. The second kappa shape index (κ2) is 7.47. The predicted octanol–water partition coefficient (Wildman–Crippen LogP) is 1.32. The quantitative estimate of drug-likeness (QED) is 0.866. The molecule has 25 heavy (non-hydrogen) atoms. The van der Waals surface area contributed by atoms with Gasteiger partial charge in [-0.1, -0.05) is 31.2 Å². The standard InChI is InChI=1S/C18H23N7/c1-2-24-7-9-25(10-8-24)12-13-5-3-4-6-14(13)16-15(11-19)17(20)23-18(21)22-16/h3-6H,2,7-10,12H2,1H3,(H4,20,21,22,23). The molecule has 1 aromatic heterocycles. The average molecular weight is 337 g/mol. The Bertz CT molecular complexity index is 788. The summed E-state index contributed by atoms with van der Waals surface area (Å²) < 4.78 is 0. The third-order valence-corrected chi connectivity index (χ3v) is 4.64. The molecule has 0 saturated carbocycles. The fraction of sp³-hybridized carbons (Fsp3) is 0.389. The highest BCUT2D eigenvalue weighted by Crippen LogP contribution is 2.29. The lowest BCUT2D eigenvalue weighted by Gasteiger charge is -2.34. The first kappa shape index (κ1) is 17.1. The van der Waals surface area contributed by atoms with Gasteiger partial charge in [0.25, 0.3) is 0 Å². The highest BCUT2D eigenvalue weighted by molar-refractivity contribution is 5.75. The Labute approximate surface area is 147 Å². The number of nitrogen functional groups attached to an aromatic ring is 2. The summed E-state index contributed by atoms with van der Waals surface area (Å²) in [5.41, 5.74) is 14.4. The molecule has 2 aromatic rings. The molecule has 0 amide bonds. The van der Waals surface area contributed by atoms with Crippen LogP contribution in [0.1, 0.15) is 18.1 Å². The zero-order valence-electron chi connectivity index (χ0n) is 14.4. The van der Waals surface area contributed by atoms with Crippen molar-refractivity contribution in [3.63, 3.8) is 0 Å². The molecule has 4 N–H and O–H groups in total. The first-order valence-electron chi connectivity index (χ1n) is 8.48. The van der Waals surface area contributed by atoms with Crippen LogP contribution < -0.4 is 11.5 Å². The van der Waals surface area contributed by atoms with Crippen LogP contribution in [0, 0.1) is 11.3 Å². The summed E-state index contributed by atoms with van der Waals surface area (Å²) in [5, 5.41) is 9.45. The van der Waals surface area contributed by atoms with Crippen LogP contribution in [0.4, 0.5) is 11.8 Å². The largest absolute Gasteiger partial charge is 0.382 e. The molecule has 3 rings (SSSR count). The first-order chi connectivity index (χ1) is 12.1. The molecule has 130 valence electrons. The Morgan fingerprint density at radius 3 is 2.44 bits per heavy atom. The van der Waals surface area contributed by atoms with Gasteiger partial charge in [-0.25, -0.2) is 4.98 Å². The van der Waals surface area contributed by atoms with Crippen LogP contribution in [0.15, 0.2) is 24.3 Å².